The molecule has 100 valence electrons. The summed E-state index contributed by atoms with van der Waals surface area (Å²) in [5, 5.41) is 2.36. The first kappa shape index (κ1) is 12.4. The van der Waals surface area contributed by atoms with Gasteiger partial charge < -0.3 is 10.6 Å². The molecule has 0 bridgehead atoms. The van der Waals surface area contributed by atoms with Gasteiger partial charge in [-0.15, -0.1) is 11.3 Å². The van der Waals surface area contributed by atoms with Gasteiger partial charge in [0.1, 0.15) is 5.82 Å². The predicted octanol–water partition coefficient (Wildman–Crippen LogP) is 3.52. The van der Waals surface area contributed by atoms with Crippen LogP contribution in [0.15, 0.2) is 23.6 Å². The molecule has 0 spiro atoms. The molecule has 1 atom stereocenters. The fourth-order valence-electron chi connectivity index (χ4n) is 2.61. The van der Waals surface area contributed by atoms with Crippen molar-refractivity contribution in [2.75, 3.05) is 17.2 Å². The second-order valence-electron chi connectivity index (χ2n) is 4.92. The molecular formula is C14H16FN3S. The zero-order valence-electron chi connectivity index (χ0n) is 10.8. The van der Waals surface area contributed by atoms with E-state index in [-0.39, 0.29) is 5.82 Å². The molecule has 3 rings (SSSR count). The lowest BCUT2D eigenvalue weighted by Crippen LogP contribution is -2.27. The Morgan fingerprint density at radius 2 is 2.32 bits per heavy atom. The van der Waals surface area contributed by atoms with Gasteiger partial charge in [0.25, 0.3) is 0 Å². The molecule has 0 aliphatic carbocycles. The zero-order valence-corrected chi connectivity index (χ0v) is 11.6. The molecule has 1 unspecified atom stereocenters. The van der Waals surface area contributed by atoms with Gasteiger partial charge in [-0.2, -0.15) is 0 Å². The Balaban J connectivity index is 1.93. The van der Waals surface area contributed by atoms with Gasteiger partial charge in [-0.25, -0.2) is 9.37 Å². The van der Waals surface area contributed by atoms with Crippen LogP contribution >= 0.6 is 11.3 Å². The number of aromatic nitrogens is 1. The molecule has 19 heavy (non-hydrogen) atoms. The lowest BCUT2D eigenvalue weighted by atomic mass is 10.1. The van der Waals surface area contributed by atoms with Crippen LogP contribution < -0.4 is 10.6 Å². The van der Waals surface area contributed by atoms with Crippen LogP contribution in [0, 0.1) is 5.82 Å². The molecule has 0 amide bonds. The maximum Gasteiger partial charge on any atom is 0.180 e. The lowest BCUT2D eigenvalue weighted by Gasteiger charge is -2.24. The second kappa shape index (κ2) is 4.81. The van der Waals surface area contributed by atoms with Gasteiger partial charge in [0.05, 0.1) is 11.4 Å². The summed E-state index contributed by atoms with van der Waals surface area (Å²) >= 11 is 1.37. The number of benzene rings is 1. The lowest BCUT2D eigenvalue weighted by molar-refractivity contribution is 0.614. The minimum atomic E-state index is -0.183. The highest BCUT2D eigenvalue weighted by Crippen LogP contribution is 2.31. The van der Waals surface area contributed by atoms with Crippen LogP contribution in [-0.4, -0.2) is 17.6 Å². The van der Waals surface area contributed by atoms with Crippen LogP contribution in [0.25, 0.3) is 11.3 Å². The minimum absolute atomic E-state index is 0.183. The monoisotopic (exact) mass is 277 g/mol. The van der Waals surface area contributed by atoms with E-state index < -0.39 is 0 Å². The third-order valence-electron chi connectivity index (χ3n) is 3.63. The van der Waals surface area contributed by atoms with Crippen LogP contribution in [0.1, 0.15) is 19.8 Å². The van der Waals surface area contributed by atoms with E-state index in [1.54, 1.807) is 6.07 Å². The summed E-state index contributed by atoms with van der Waals surface area (Å²) in [4.78, 5) is 6.31. The summed E-state index contributed by atoms with van der Waals surface area (Å²) in [5.74, 6) is -0.183. The Labute approximate surface area is 115 Å². The summed E-state index contributed by atoms with van der Waals surface area (Å²) in [6, 6.07) is 5.73. The van der Waals surface area contributed by atoms with E-state index in [1.807, 2.05) is 17.5 Å². The Morgan fingerprint density at radius 1 is 1.47 bits per heavy atom. The second-order valence-corrected chi connectivity index (χ2v) is 5.81. The number of nitrogens with zero attached hydrogens (tertiary/aromatic N) is 2. The van der Waals surface area contributed by atoms with E-state index in [0.717, 1.165) is 30.6 Å². The van der Waals surface area contributed by atoms with Crippen molar-refractivity contribution in [3.63, 3.8) is 0 Å². The summed E-state index contributed by atoms with van der Waals surface area (Å²) in [7, 11) is 0. The molecule has 2 heterocycles. The number of nitrogen functional groups attached to an aromatic ring is 1. The largest absolute Gasteiger partial charge is 0.375 e. The smallest absolute Gasteiger partial charge is 0.180 e. The maximum absolute atomic E-state index is 14.3. The molecule has 1 aromatic heterocycles. The van der Waals surface area contributed by atoms with Gasteiger partial charge in [-0.05, 0) is 31.9 Å². The number of hydrogen-bond donors (Lipinski definition) is 1. The Bertz CT molecular complexity index is 596. The third-order valence-corrected chi connectivity index (χ3v) is 4.30. The zero-order chi connectivity index (χ0) is 13.4. The first-order valence-electron chi connectivity index (χ1n) is 6.43. The van der Waals surface area contributed by atoms with Crippen molar-refractivity contribution in [1.82, 2.24) is 4.98 Å². The third kappa shape index (κ3) is 2.30. The van der Waals surface area contributed by atoms with E-state index in [1.165, 1.54) is 11.3 Å². The van der Waals surface area contributed by atoms with Crippen LogP contribution in [0.4, 0.5) is 15.2 Å². The first-order valence-corrected chi connectivity index (χ1v) is 7.30. The number of halogens is 1. The van der Waals surface area contributed by atoms with Gasteiger partial charge in [0, 0.05) is 23.5 Å². The molecule has 2 aromatic rings. The van der Waals surface area contributed by atoms with Crippen molar-refractivity contribution in [2.45, 2.75) is 25.8 Å². The fourth-order valence-corrected chi connectivity index (χ4v) is 3.18. The molecule has 0 saturated carbocycles. The van der Waals surface area contributed by atoms with Crippen molar-refractivity contribution in [3.05, 3.63) is 29.4 Å². The van der Waals surface area contributed by atoms with Crippen LogP contribution in [0.2, 0.25) is 0 Å². The van der Waals surface area contributed by atoms with Crippen LogP contribution in [-0.2, 0) is 0 Å². The molecule has 2 N–H and O–H groups in total. The molecule has 1 saturated heterocycles. The highest BCUT2D eigenvalue weighted by Gasteiger charge is 2.23. The molecule has 1 aromatic carbocycles. The van der Waals surface area contributed by atoms with Crippen LogP contribution in [0.3, 0.4) is 0 Å². The molecular weight excluding hydrogens is 261 g/mol. The number of anilines is 2. The van der Waals surface area contributed by atoms with E-state index in [0.29, 0.717) is 16.9 Å². The number of hydrogen-bond acceptors (Lipinski definition) is 4. The van der Waals surface area contributed by atoms with E-state index >= 15 is 0 Å². The molecule has 1 fully saturated rings. The standard InChI is InChI=1S/C14H16FN3S/c1-9-3-2-6-18(9)13-5-4-10(7-11(13)15)12-8-19-14(16)17-12/h4-5,7-9H,2-3,6H2,1H3,(H2,16,17). The average Bonchev–Trinajstić information content (AvgIpc) is 2.98. The van der Waals surface area contributed by atoms with Gasteiger partial charge in [0.2, 0.25) is 0 Å². The highest BCUT2D eigenvalue weighted by molar-refractivity contribution is 7.13. The number of thiazole rings is 1. The number of nitrogens with two attached hydrogens (primary N) is 1. The van der Waals surface area contributed by atoms with E-state index in [4.69, 9.17) is 5.73 Å². The van der Waals surface area contributed by atoms with Crippen molar-refractivity contribution >= 4 is 22.2 Å². The Hall–Kier alpha value is -1.62. The first-order chi connectivity index (χ1) is 9.15. The van der Waals surface area contributed by atoms with Crippen molar-refractivity contribution in [1.29, 1.82) is 0 Å². The quantitative estimate of drug-likeness (QED) is 0.913. The molecule has 1 aliphatic heterocycles. The predicted molar refractivity (Wildman–Crippen MR) is 78.0 cm³/mol. The topological polar surface area (TPSA) is 42.1 Å². The normalized spacial score (nSPS) is 19.1. The van der Waals surface area contributed by atoms with Crippen molar-refractivity contribution in [3.8, 4) is 11.3 Å². The molecule has 3 nitrogen and oxygen atoms in total. The molecule has 0 radical (unpaired) electrons. The summed E-state index contributed by atoms with van der Waals surface area (Å²) in [5.41, 5.74) is 7.82. The molecule has 5 heteroatoms. The molecule has 1 aliphatic rings. The van der Waals surface area contributed by atoms with Gasteiger partial charge in [-0.3, -0.25) is 0 Å². The maximum atomic E-state index is 14.3. The van der Waals surface area contributed by atoms with Crippen molar-refractivity contribution < 1.29 is 4.39 Å². The summed E-state index contributed by atoms with van der Waals surface area (Å²) < 4.78 is 14.3. The highest BCUT2D eigenvalue weighted by atomic mass is 32.1. The van der Waals surface area contributed by atoms with Gasteiger partial charge in [-0.1, -0.05) is 6.07 Å². The average molecular weight is 277 g/mol. The SMILES string of the molecule is CC1CCCN1c1ccc(-c2csc(N)n2)cc1F. The van der Waals surface area contributed by atoms with E-state index in [2.05, 4.69) is 16.8 Å². The van der Waals surface area contributed by atoms with Gasteiger partial charge >= 0.3 is 0 Å². The summed E-state index contributed by atoms with van der Waals surface area (Å²) in [6.45, 7) is 3.07. The van der Waals surface area contributed by atoms with Crippen molar-refractivity contribution in [2.24, 2.45) is 0 Å². The minimum Gasteiger partial charge on any atom is -0.375 e. The van der Waals surface area contributed by atoms with Gasteiger partial charge in [0.15, 0.2) is 5.13 Å². The van der Waals surface area contributed by atoms with Crippen LogP contribution in [0.5, 0.6) is 0 Å². The Morgan fingerprint density at radius 3 is 2.89 bits per heavy atom. The Kier molecular flexibility index (Phi) is 3.14. The summed E-state index contributed by atoms with van der Waals surface area (Å²) in [6.07, 6.45) is 2.26. The van der Waals surface area contributed by atoms with E-state index in [9.17, 15) is 4.39 Å². The number of rotatable bonds is 2. The fraction of sp³-hybridized carbons (Fsp3) is 0.357.